The second-order valence-electron chi connectivity index (χ2n) is 6.03. The molecule has 5 heteroatoms. The first-order chi connectivity index (χ1) is 10.1. The Balaban J connectivity index is 1.57. The lowest BCUT2D eigenvalue weighted by atomic mass is 10.2. The minimum absolute atomic E-state index is 0.0808. The molecule has 2 aliphatic rings. The third-order valence-electron chi connectivity index (χ3n) is 4.52. The Bertz CT molecular complexity index is 528. The van der Waals surface area contributed by atoms with E-state index in [2.05, 4.69) is 10.2 Å². The van der Waals surface area contributed by atoms with Crippen molar-refractivity contribution < 1.29 is 9.18 Å². The van der Waals surface area contributed by atoms with Crippen LogP contribution in [-0.2, 0) is 0 Å². The van der Waals surface area contributed by atoms with Crippen molar-refractivity contribution in [3.63, 3.8) is 0 Å². The number of aryl methyl sites for hydroxylation is 1. The Labute approximate surface area is 124 Å². The number of rotatable bonds is 2. The number of urea groups is 1. The van der Waals surface area contributed by atoms with Gasteiger partial charge in [0, 0.05) is 24.8 Å². The quantitative estimate of drug-likeness (QED) is 0.909. The molecule has 1 unspecified atom stereocenters. The average molecular weight is 291 g/mol. The highest BCUT2D eigenvalue weighted by atomic mass is 19.1. The van der Waals surface area contributed by atoms with Crippen LogP contribution in [0.5, 0.6) is 0 Å². The highest BCUT2D eigenvalue weighted by molar-refractivity contribution is 5.89. The fourth-order valence-corrected chi connectivity index (χ4v) is 3.26. The van der Waals surface area contributed by atoms with Crippen molar-refractivity contribution in [1.29, 1.82) is 0 Å². The second kappa shape index (κ2) is 6.02. The lowest BCUT2D eigenvalue weighted by Gasteiger charge is -2.23. The van der Waals surface area contributed by atoms with Crippen molar-refractivity contribution in [3.05, 3.63) is 29.6 Å². The zero-order valence-corrected chi connectivity index (χ0v) is 12.4. The molecule has 2 amide bonds. The van der Waals surface area contributed by atoms with Crippen LogP contribution in [0.15, 0.2) is 18.2 Å². The minimum atomic E-state index is -0.247. The zero-order valence-electron chi connectivity index (χ0n) is 12.4. The molecule has 3 rings (SSSR count). The van der Waals surface area contributed by atoms with Crippen LogP contribution in [0.3, 0.4) is 0 Å². The Morgan fingerprint density at radius 1 is 1.29 bits per heavy atom. The molecule has 0 aliphatic carbocycles. The molecule has 2 heterocycles. The van der Waals surface area contributed by atoms with Crippen molar-refractivity contribution in [2.24, 2.45) is 0 Å². The van der Waals surface area contributed by atoms with E-state index >= 15 is 0 Å². The van der Waals surface area contributed by atoms with Crippen LogP contribution in [-0.4, -0.2) is 48.1 Å². The summed E-state index contributed by atoms with van der Waals surface area (Å²) in [4.78, 5) is 16.6. The predicted molar refractivity (Wildman–Crippen MR) is 80.9 cm³/mol. The molecule has 0 aromatic heterocycles. The van der Waals surface area contributed by atoms with Crippen LogP contribution in [0.25, 0.3) is 0 Å². The smallest absolute Gasteiger partial charge is 0.321 e. The van der Waals surface area contributed by atoms with Crippen molar-refractivity contribution in [2.75, 3.05) is 31.5 Å². The van der Waals surface area contributed by atoms with E-state index < -0.39 is 0 Å². The number of halogens is 1. The summed E-state index contributed by atoms with van der Waals surface area (Å²) in [6, 6.07) is 5.09. The van der Waals surface area contributed by atoms with Gasteiger partial charge in [-0.1, -0.05) is 0 Å². The largest absolute Gasteiger partial charge is 0.323 e. The molecule has 114 valence electrons. The Kier molecular flexibility index (Phi) is 4.10. The van der Waals surface area contributed by atoms with Crippen LogP contribution in [0.1, 0.15) is 24.8 Å². The standard InChI is InChI=1S/C16H22FN3O/c1-12-10-13(4-5-15(12)17)18-16(21)20-9-6-14(11-20)19-7-2-3-8-19/h4-5,10,14H,2-3,6-9,11H2,1H3,(H,18,21). The molecule has 0 radical (unpaired) electrons. The van der Waals surface area contributed by atoms with Gasteiger partial charge < -0.3 is 10.2 Å². The monoisotopic (exact) mass is 291 g/mol. The van der Waals surface area contributed by atoms with E-state index in [0.717, 1.165) is 32.6 Å². The number of benzene rings is 1. The van der Waals surface area contributed by atoms with Gasteiger partial charge in [0.05, 0.1) is 0 Å². The number of nitrogens with one attached hydrogen (secondary N) is 1. The number of nitrogens with zero attached hydrogens (tertiary/aromatic N) is 2. The number of anilines is 1. The van der Waals surface area contributed by atoms with Crippen molar-refractivity contribution in [1.82, 2.24) is 9.80 Å². The van der Waals surface area contributed by atoms with Crippen molar-refractivity contribution >= 4 is 11.7 Å². The van der Waals surface area contributed by atoms with Crippen LogP contribution < -0.4 is 5.32 Å². The Morgan fingerprint density at radius 3 is 2.76 bits per heavy atom. The summed E-state index contributed by atoms with van der Waals surface area (Å²) in [6.45, 7) is 5.62. The van der Waals surface area contributed by atoms with Gasteiger partial charge in [-0.15, -0.1) is 0 Å². The van der Waals surface area contributed by atoms with E-state index in [-0.39, 0.29) is 11.8 Å². The summed E-state index contributed by atoms with van der Waals surface area (Å²) < 4.78 is 13.2. The minimum Gasteiger partial charge on any atom is -0.323 e. The molecule has 1 aromatic carbocycles. The number of hydrogen-bond donors (Lipinski definition) is 1. The number of amides is 2. The molecule has 0 saturated carbocycles. The number of likely N-dealkylation sites (tertiary alicyclic amines) is 2. The summed E-state index contributed by atoms with van der Waals surface area (Å²) in [5, 5.41) is 2.86. The first kappa shape index (κ1) is 14.3. The van der Waals surface area contributed by atoms with Gasteiger partial charge in [0.2, 0.25) is 0 Å². The highest BCUT2D eigenvalue weighted by Crippen LogP contribution is 2.21. The third-order valence-corrected chi connectivity index (χ3v) is 4.52. The van der Waals surface area contributed by atoms with Gasteiger partial charge in [0.1, 0.15) is 5.82 Å². The number of carbonyl (C=O) groups excluding carboxylic acids is 1. The van der Waals surface area contributed by atoms with E-state index in [0.29, 0.717) is 17.3 Å². The maximum Gasteiger partial charge on any atom is 0.321 e. The van der Waals surface area contributed by atoms with Gasteiger partial charge in [-0.2, -0.15) is 0 Å². The summed E-state index contributed by atoms with van der Waals surface area (Å²) in [5.41, 5.74) is 1.20. The fraction of sp³-hybridized carbons (Fsp3) is 0.562. The van der Waals surface area contributed by atoms with Gasteiger partial charge in [-0.3, -0.25) is 4.90 Å². The molecule has 0 bridgehead atoms. The maximum atomic E-state index is 13.2. The lowest BCUT2D eigenvalue weighted by Crippen LogP contribution is -2.38. The Hall–Kier alpha value is -1.62. The molecule has 1 atom stereocenters. The van der Waals surface area contributed by atoms with E-state index in [9.17, 15) is 9.18 Å². The molecular formula is C16H22FN3O. The maximum absolute atomic E-state index is 13.2. The van der Waals surface area contributed by atoms with Crippen LogP contribution in [0.2, 0.25) is 0 Å². The first-order valence-electron chi connectivity index (χ1n) is 7.69. The van der Waals surface area contributed by atoms with Gasteiger partial charge >= 0.3 is 6.03 Å². The molecular weight excluding hydrogens is 269 g/mol. The van der Waals surface area contributed by atoms with Crippen LogP contribution >= 0.6 is 0 Å². The number of hydrogen-bond acceptors (Lipinski definition) is 2. The molecule has 2 saturated heterocycles. The SMILES string of the molecule is Cc1cc(NC(=O)N2CCC(N3CCCC3)C2)ccc1F. The van der Waals surface area contributed by atoms with Crippen molar-refractivity contribution in [3.8, 4) is 0 Å². The Morgan fingerprint density at radius 2 is 2.05 bits per heavy atom. The average Bonchev–Trinajstić information content (AvgIpc) is 3.12. The predicted octanol–water partition coefficient (Wildman–Crippen LogP) is 2.84. The van der Waals surface area contributed by atoms with Gasteiger partial charge in [-0.05, 0) is 63.0 Å². The summed E-state index contributed by atoms with van der Waals surface area (Å²) >= 11 is 0. The van der Waals surface area contributed by atoms with Crippen LogP contribution in [0, 0.1) is 12.7 Å². The first-order valence-corrected chi connectivity index (χ1v) is 7.69. The fourth-order valence-electron chi connectivity index (χ4n) is 3.26. The van der Waals surface area contributed by atoms with Gasteiger partial charge in [0.15, 0.2) is 0 Å². The van der Waals surface area contributed by atoms with E-state index in [1.165, 1.54) is 18.9 Å². The normalized spacial score (nSPS) is 22.8. The van der Waals surface area contributed by atoms with E-state index in [1.807, 2.05) is 4.90 Å². The summed E-state index contributed by atoms with van der Waals surface area (Å²) in [6.07, 6.45) is 3.60. The van der Waals surface area contributed by atoms with Gasteiger partial charge in [0.25, 0.3) is 0 Å². The molecule has 2 fully saturated rings. The van der Waals surface area contributed by atoms with E-state index in [1.54, 1.807) is 19.1 Å². The molecule has 0 spiro atoms. The molecule has 4 nitrogen and oxygen atoms in total. The van der Waals surface area contributed by atoms with Gasteiger partial charge in [-0.25, -0.2) is 9.18 Å². The zero-order chi connectivity index (χ0) is 14.8. The lowest BCUT2D eigenvalue weighted by molar-refractivity contribution is 0.210. The highest BCUT2D eigenvalue weighted by Gasteiger charge is 2.31. The number of carbonyl (C=O) groups is 1. The molecule has 2 aliphatic heterocycles. The molecule has 21 heavy (non-hydrogen) atoms. The molecule has 1 N–H and O–H groups in total. The third kappa shape index (κ3) is 3.18. The van der Waals surface area contributed by atoms with Crippen LogP contribution in [0.4, 0.5) is 14.9 Å². The van der Waals surface area contributed by atoms with E-state index in [4.69, 9.17) is 0 Å². The topological polar surface area (TPSA) is 35.6 Å². The summed E-state index contributed by atoms with van der Waals surface area (Å²) in [7, 11) is 0. The summed E-state index contributed by atoms with van der Waals surface area (Å²) in [5.74, 6) is -0.247. The molecule has 1 aromatic rings. The van der Waals surface area contributed by atoms with Crippen molar-refractivity contribution in [2.45, 2.75) is 32.2 Å². The second-order valence-corrected chi connectivity index (χ2v) is 6.03.